The number of nitrogens with one attached hydrogen (secondary N) is 2. The lowest BCUT2D eigenvalue weighted by Gasteiger charge is -2.41. The Morgan fingerprint density at radius 1 is 1.04 bits per heavy atom. The zero-order valence-electron chi connectivity index (χ0n) is 16.4. The molecule has 4 nitrogen and oxygen atoms in total. The van der Waals surface area contributed by atoms with Gasteiger partial charge < -0.3 is 10.6 Å². The Morgan fingerprint density at radius 2 is 1.68 bits per heavy atom. The summed E-state index contributed by atoms with van der Waals surface area (Å²) < 4.78 is 12.4. The van der Waals surface area contributed by atoms with Crippen molar-refractivity contribution in [1.82, 2.24) is 10.6 Å². The first kappa shape index (κ1) is 22.9. The third-order valence-electron chi connectivity index (χ3n) is 5.17. The van der Waals surface area contributed by atoms with Crippen molar-refractivity contribution in [3.8, 4) is 0 Å². The lowest BCUT2D eigenvalue weighted by atomic mass is 9.64. The van der Waals surface area contributed by atoms with Gasteiger partial charge in [-0.15, -0.1) is 24.0 Å². The second kappa shape index (κ2) is 11.6. The molecule has 0 heterocycles. The van der Waals surface area contributed by atoms with Crippen molar-refractivity contribution in [1.29, 1.82) is 0 Å². The Morgan fingerprint density at radius 3 is 2.25 bits per heavy atom. The molecule has 1 unspecified atom stereocenters. The van der Waals surface area contributed by atoms with Gasteiger partial charge in [-0.3, -0.25) is 9.20 Å². The minimum atomic E-state index is -0.990. The van der Waals surface area contributed by atoms with Crippen LogP contribution in [0.4, 0.5) is 0 Å². The van der Waals surface area contributed by atoms with E-state index in [4.69, 9.17) is 4.99 Å². The molecule has 1 fully saturated rings. The highest BCUT2D eigenvalue weighted by molar-refractivity contribution is 14.0. The van der Waals surface area contributed by atoms with Gasteiger partial charge in [0.2, 0.25) is 0 Å². The average Bonchev–Trinajstić information content (AvgIpc) is 2.68. The molecule has 1 atom stereocenters. The van der Waals surface area contributed by atoms with Gasteiger partial charge in [0.15, 0.2) is 5.96 Å². The van der Waals surface area contributed by atoms with Crippen LogP contribution in [-0.2, 0) is 16.2 Å². The van der Waals surface area contributed by atoms with E-state index >= 15 is 0 Å². The summed E-state index contributed by atoms with van der Waals surface area (Å²) in [4.78, 5) is 5.72. The molecule has 28 heavy (non-hydrogen) atoms. The van der Waals surface area contributed by atoms with Crippen LogP contribution >= 0.6 is 24.0 Å². The number of nitrogens with zero attached hydrogens (tertiary/aromatic N) is 1. The number of hydrogen-bond donors (Lipinski definition) is 2. The molecular weight excluding hydrogens is 481 g/mol. The minimum Gasteiger partial charge on any atom is -0.357 e. The smallest absolute Gasteiger partial charge is 0.191 e. The maximum atomic E-state index is 12.4. The van der Waals surface area contributed by atoms with Crippen LogP contribution in [0.3, 0.4) is 0 Å². The molecule has 2 aromatic carbocycles. The number of aliphatic imine (C=N–C) groups is 1. The lowest BCUT2D eigenvalue weighted by Crippen LogP contribution is -2.42. The van der Waals surface area contributed by atoms with Gasteiger partial charge >= 0.3 is 0 Å². The Balaban J connectivity index is 0.00000280. The van der Waals surface area contributed by atoms with Crippen molar-refractivity contribution in [2.24, 2.45) is 4.99 Å². The SMILES string of the molecule is CCNC(=NCC1(c2ccccc2)CCC1)NCCS(=O)c1ccccc1.I. The molecular formula is C22H30IN3OS. The quantitative estimate of drug-likeness (QED) is 0.319. The van der Waals surface area contributed by atoms with Crippen LogP contribution in [0.25, 0.3) is 0 Å². The summed E-state index contributed by atoms with van der Waals surface area (Å²) in [6, 6.07) is 20.3. The fraction of sp³-hybridized carbons (Fsp3) is 0.409. The number of guanidine groups is 1. The molecule has 1 aliphatic rings. The van der Waals surface area contributed by atoms with E-state index in [0.717, 1.165) is 23.9 Å². The zero-order valence-corrected chi connectivity index (χ0v) is 19.5. The number of halogens is 1. The molecule has 0 amide bonds. The van der Waals surface area contributed by atoms with Crippen LogP contribution in [0.2, 0.25) is 0 Å². The minimum absolute atomic E-state index is 0. The fourth-order valence-corrected chi connectivity index (χ4v) is 4.44. The number of benzene rings is 2. The van der Waals surface area contributed by atoms with Crippen molar-refractivity contribution < 1.29 is 4.21 Å². The van der Waals surface area contributed by atoms with Crippen molar-refractivity contribution in [2.45, 2.75) is 36.5 Å². The summed E-state index contributed by atoms with van der Waals surface area (Å²) in [7, 11) is -0.990. The van der Waals surface area contributed by atoms with Gasteiger partial charge in [-0.1, -0.05) is 55.0 Å². The lowest BCUT2D eigenvalue weighted by molar-refractivity contribution is 0.253. The summed E-state index contributed by atoms with van der Waals surface area (Å²) in [6.07, 6.45) is 3.65. The van der Waals surface area contributed by atoms with Gasteiger partial charge in [-0.2, -0.15) is 0 Å². The summed E-state index contributed by atoms with van der Waals surface area (Å²) in [5.74, 6) is 1.38. The van der Waals surface area contributed by atoms with E-state index in [1.54, 1.807) is 0 Å². The highest BCUT2D eigenvalue weighted by Gasteiger charge is 2.38. The van der Waals surface area contributed by atoms with E-state index < -0.39 is 10.8 Å². The first-order valence-electron chi connectivity index (χ1n) is 9.75. The first-order chi connectivity index (χ1) is 13.2. The summed E-state index contributed by atoms with van der Waals surface area (Å²) in [6.45, 7) is 4.29. The topological polar surface area (TPSA) is 53.5 Å². The predicted molar refractivity (Wildman–Crippen MR) is 129 cm³/mol. The van der Waals surface area contributed by atoms with Crippen LogP contribution in [0.1, 0.15) is 31.7 Å². The molecule has 152 valence electrons. The largest absolute Gasteiger partial charge is 0.357 e. The summed E-state index contributed by atoms with van der Waals surface area (Å²) in [5.41, 5.74) is 1.57. The first-order valence-corrected chi connectivity index (χ1v) is 11.1. The van der Waals surface area contributed by atoms with E-state index in [2.05, 4.69) is 47.9 Å². The van der Waals surface area contributed by atoms with Gasteiger partial charge in [0.05, 0.1) is 17.3 Å². The van der Waals surface area contributed by atoms with Crippen LogP contribution in [0.5, 0.6) is 0 Å². The van der Waals surface area contributed by atoms with Gasteiger partial charge in [0, 0.05) is 29.2 Å². The van der Waals surface area contributed by atoms with E-state index in [1.165, 1.54) is 24.8 Å². The molecule has 6 heteroatoms. The molecule has 2 N–H and O–H groups in total. The third-order valence-corrected chi connectivity index (χ3v) is 6.54. The second-order valence-electron chi connectivity index (χ2n) is 6.98. The van der Waals surface area contributed by atoms with Crippen molar-refractivity contribution in [2.75, 3.05) is 25.4 Å². The molecule has 0 aromatic heterocycles. The van der Waals surface area contributed by atoms with Gasteiger partial charge in [0.25, 0.3) is 0 Å². The maximum absolute atomic E-state index is 12.4. The van der Waals surface area contributed by atoms with Crippen molar-refractivity contribution in [3.63, 3.8) is 0 Å². The Kier molecular flexibility index (Phi) is 9.44. The van der Waals surface area contributed by atoms with Crippen molar-refractivity contribution in [3.05, 3.63) is 66.2 Å². The van der Waals surface area contributed by atoms with E-state index in [-0.39, 0.29) is 29.4 Å². The molecule has 0 bridgehead atoms. The Hall–Kier alpha value is -1.41. The third kappa shape index (κ3) is 6.04. The van der Waals surface area contributed by atoms with E-state index in [1.807, 2.05) is 30.3 Å². The van der Waals surface area contributed by atoms with Crippen LogP contribution in [0.15, 0.2) is 70.6 Å². The molecule has 1 aliphatic carbocycles. The predicted octanol–water partition coefficient (Wildman–Crippen LogP) is 4.09. The van der Waals surface area contributed by atoms with E-state index in [0.29, 0.717) is 12.3 Å². The van der Waals surface area contributed by atoms with Crippen LogP contribution in [-0.4, -0.2) is 35.6 Å². The Labute approximate surface area is 188 Å². The summed E-state index contributed by atoms with van der Waals surface area (Å²) in [5, 5.41) is 6.65. The zero-order chi connectivity index (χ0) is 19.0. The standard InChI is InChI=1S/C22H29N3OS.HI/c1-2-23-21(24-16-17-27(26)20-12-7-4-8-13-20)25-18-22(14-9-15-22)19-10-5-3-6-11-19;/h3-8,10-13H,2,9,14-18H2,1H3,(H2,23,24,25);1H. The molecule has 0 radical (unpaired) electrons. The van der Waals surface area contributed by atoms with Crippen LogP contribution < -0.4 is 10.6 Å². The molecule has 2 aromatic rings. The highest BCUT2D eigenvalue weighted by Crippen LogP contribution is 2.43. The number of hydrogen-bond acceptors (Lipinski definition) is 2. The van der Waals surface area contributed by atoms with E-state index in [9.17, 15) is 4.21 Å². The van der Waals surface area contributed by atoms with Crippen molar-refractivity contribution >= 4 is 40.7 Å². The normalized spacial score (nSPS) is 16.4. The molecule has 1 saturated carbocycles. The van der Waals surface area contributed by atoms with Gasteiger partial charge in [-0.05, 0) is 37.5 Å². The maximum Gasteiger partial charge on any atom is 0.191 e. The average molecular weight is 511 g/mol. The fourth-order valence-electron chi connectivity index (χ4n) is 3.46. The highest BCUT2D eigenvalue weighted by atomic mass is 127. The monoisotopic (exact) mass is 511 g/mol. The molecule has 0 spiro atoms. The molecule has 0 saturated heterocycles. The molecule has 0 aliphatic heterocycles. The van der Waals surface area contributed by atoms with Gasteiger partial charge in [0.1, 0.15) is 0 Å². The Bertz CT molecular complexity index is 764. The second-order valence-corrected chi connectivity index (χ2v) is 8.56. The number of rotatable bonds is 8. The van der Waals surface area contributed by atoms with Gasteiger partial charge in [-0.25, -0.2) is 0 Å². The van der Waals surface area contributed by atoms with Crippen LogP contribution in [0, 0.1) is 0 Å². The molecule has 3 rings (SSSR count). The summed E-state index contributed by atoms with van der Waals surface area (Å²) >= 11 is 0.